The van der Waals surface area contributed by atoms with Crippen LogP contribution in [0.4, 0.5) is 0 Å². The molecule has 0 aromatic carbocycles. The second kappa shape index (κ2) is 8.64. The highest BCUT2D eigenvalue weighted by molar-refractivity contribution is 5.96. The van der Waals surface area contributed by atoms with E-state index >= 15 is 0 Å². The zero-order chi connectivity index (χ0) is 16.9. The number of carbonyl (C=O) groups excluding carboxylic acids is 2. The Hall–Kier alpha value is -0.920. The molecule has 0 amide bonds. The first-order valence-corrected chi connectivity index (χ1v) is 8.94. The van der Waals surface area contributed by atoms with E-state index in [0.29, 0.717) is 35.2 Å². The molecular weight excluding hydrogens is 272 g/mol. The number of hydrogen-bond donors (Lipinski definition) is 0. The van der Waals surface area contributed by atoms with Crippen molar-refractivity contribution in [2.24, 2.45) is 23.7 Å². The van der Waals surface area contributed by atoms with E-state index in [-0.39, 0.29) is 0 Å². The molecule has 0 heterocycles. The molecule has 0 N–H and O–H groups in total. The number of rotatable bonds is 1. The van der Waals surface area contributed by atoms with E-state index in [1.807, 2.05) is 13.8 Å². The second-order valence-corrected chi connectivity index (χ2v) is 7.95. The van der Waals surface area contributed by atoms with Crippen molar-refractivity contribution in [3.05, 3.63) is 11.1 Å². The summed E-state index contributed by atoms with van der Waals surface area (Å²) in [6, 6.07) is 0. The van der Waals surface area contributed by atoms with Crippen molar-refractivity contribution in [2.75, 3.05) is 0 Å². The van der Waals surface area contributed by atoms with Gasteiger partial charge in [-0.2, -0.15) is 0 Å². The molecule has 0 bridgehead atoms. The van der Waals surface area contributed by atoms with Gasteiger partial charge < -0.3 is 0 Å². The van der Waals surface area contributed by atoms with E-state index in [2.05, 4.69) is 27.7 Å². The second-order valence-electron chi connectivity index (χ2n) is 7.95. The molecule has 0 unspecified atom stereocenters. The first-order chi connectivity index (χ1) is 10.2. The number of Topliss-reactive ketones (excluding diaryl/α,β-unsaturated/α-hetero) is 2. The fourth-order valence-corrected chi connectivity index (χ4v) is 3.53. The Morgan fingerprint density at radius 2 is 1.55 bits per heavy atom. The molecule has 0 aromatic rings. The number of ketones is 2. The summed E-state index contributed by atoms with van der Waals surface area (Å²) in [4.78, 5) is 22.8. The van der Waals surface area contributed by atoms with Crippen molar-refractivity contribution in [3.63, 3.8) is 0 Å². The molecule has 0 saturated heterocycles. The summed E-state index contributed by atoms with van der Waals surface area (Å²) in [6.07, 6.45) is 6.14. The van der Waals surface area contributed by atoms with Gasteiger partial charge >= 0.3 is 0 Å². The van der Waals surface area contributed by atoms with Gasteiger partial charge in [0, 0.05) is 18.8 Å². The van der Waals surface area contributed by atoms with Crippen LogP contribution in [0.2, 0.25) is 0 Å². The Morgan fingerprint density at radius 1 is 0.955 bits per heavy atom. The molecule has 2 aliphatic carbocycles. The predicted molar refractivity (Wildman–Crippen MR) is 92.7 cm³/mol. The van der Waals surface area contributed by atoms with Crippen LogP contribution in [0.5, 0.6) is 0 Å². The lowest BCUT2D eigenvalue weighted by Crippen LogP contribution is -2.27. The van der Waals surface area contributed by atoms with Gasteiger partial charge in [0.15, 0.2) is 5.78 Å². The maximum Gasteiger partial charge on any atom is 0.159 e. The highest BCUT2D eigenvalue weighted by atomic mass is 16.1. The van der Waals surface area contributed by atoms with E-state index in [0.717, 1.165) is 31.3 Å². The van der Waals surface area contributed by atoms with Crippen LogP contribution in [0.25, 0.3) is 0 Å². The zero-order valence-electron chi connectivity index (χ0n) is 15.4. The third-order valence-corrected chi connectivity index (χ3v) is 5.10. The summed E-state index contributed by atoms with van der Waals surface area (Å²) in [5.41, 5.74) is 2.30. The minimum absolute atomic E-state index is 0.367. The summed E-state index contributed by atoms with van der Waals surface area (Å²) >= 11 is 0. The average molecular weight is 306 g/mol. The van der Waals surface area contributed by atoms with Crippen molar-refractivity contribution in [1.82, 2.24) is 0 Å². The van der Waals surface area contributed by atoms with E-state index in [4.69, 9.17) is 0 Å². The predicted octanol–water partition coefficient (Wildman–Crippen LogP) is 5.36. The van der Waals surface area contributed by atoms with Crippen molar-refractivity contribution in [3.8, 4) is 0 Å². The van der Waals surface area contributed by atoms with Crippen LogP contribution in [0.15, 0.2) is 11.1 Å². The van der Waals surface area contributed by atoms with Gasteiger partial charge in [0.1, 0.15) is 5.78 Å². The standard InChI is InChI=1S/C10H18O.C10H16O/c2*1-7(2)9-5-4-8(3)6-10(9)11/h7-9H,4-6H2,1-3H3;8H,4-6H2,1-3H3/t8-,9+;8-/m10/s1. The van der Waals surface area contributed by atoms with Gasteiger partial charge in [-0.25, -0.2) is 0 Å². The minimum atomic E-state index is 0.367. The fourth-order valence-electron chi connectivity index (χ4n) is 3.53. The van der Waals surface area contributed by atoms with E-state index < -0.39 is 0 Å². The Kier molecular flexibility index (Phi) is 7.52. The molecule has 126 valence electrons. The summed E-state index contributed by atoms with van der Waals surface area (Å²) in [6.45, 7) is 12.7. The molecular formula is C20H34O2. The Labute approximate surface area is 136 Å². The maximum atomic E-state index is 11.4. The quantitative estimate of drug-likeness (QED) is 0.611. The van der Waals surface area contributed by atoms with Gasteiger partial charge in [-0.3, -0.25) is 9.59 Å². The van der Waals surface area contributed by atoms with Gasteiger partial charge in [0.05, 0.1) is 0 Å². The third kappa shape index (κ3) is 5.70. The van der Waals surface area contributed by atoms with Gasteiger partial charge in [0.2, 0.25) is 0 Å². The fraction of sp³-hybridized carbons (Fsp3) is 0.800. The van der Waals surface area contributed by atoms with Crippen LogP contribution in [0, 0.1) is 23.7 Å². The SMILES string of the molecule is CC(C)=C1CC[C@H](C)CC1=O.CC(C)[C@@H]1CC[C@@H](C)CC1=O. The normalized spacial score (nSPS) is 29.2. The lowest BCUT2D eigenvalue weighted by atomic mass is 9.77. The van der Waals surface area contributed by atoms with Crippen LogP contribution in [-0.4, -0.2) is 11.6 Å². The molecule has 2 aliphatic rings. The van der Waals surface area contributed by atoms with Crippen molar-refractivity contribution in [2.45, 2.75) is 80.1 Å². The van der Waals surface area contributed by atoms with Crippen LogP contribution in [0.1, 0.15) is 80.1 Å². The van der Waals surface area contributed by atoms with E-state index in [1.54, 1.807) is 0 Å². The number of allylic oxidation sites excluding steroid dienone is 2. The molecule has 2 nitrogen and oxygen atoms in total. The number of carbonyl (C=O) groups is 2. The third-order valence-electron chi connectivity index (χ3n) is 5.10. The first-order valence-electron chi connectivity index (χ1n) is 8.94. The van der Waals surface area contributed by atoms with Crippen LogP contribution < -0.4 is 0 Å². The molecule has 0 radical (unpaired) electrons. The van der Waals surface area contributed by atoms with Gasteiger partial charge in [-0.15, -0.1) is 0 Å². The molecule has 3 atom stereocenters. The molecule has 0 aromatic heterocycles. The summed E-state index contributed by atoms with van der Waals surface area (Å²) in [7, 11) is 0. The number of hydrogen-bond acceptors (Lipinski definition) is 2. The van der Waals surface area contributed by atoms with Gasteiger partial charge in [-0.05, 0) is 62.9 Å². The monoisotopic (exact) mass is 306 g/mol. The average Bonchev–Trinajstić information content (AvgIpc) is 2.38. The molecule has 2 fully saturated rings. The Morgan fingerprint density at radius 3 is 2.00 bits per heavy atom. The van der Waals surface area contributed by atoms with Crippen molar-refractivity contribution < 1.29 is 9.59 Å². The van der Waals surface area contributed by atoms with Crippen LogP contribution >= 0.6 is 0 Å². The van der Waals surface area contributed by atoms with Gasteiger partial charge in [0.25, 0.3) is 0 Å². The molecule has 2 heteroatoms. The highest BCUT2D eigenvalue weighted by Crippen LogP contribution is 2.30. The molecule has 0 aliphatic heterocycles. The van der Waals surface area contributed by atoms with E-state index in [9.17, 15) is 9.59 Å². The lowest BCUT2D eigenvalue weighted by Gasteiger charge is -2.27. The van der Waals surface area contributed by atoms with Crippen LogP contribution in [-0.2, 0) is 9.59 Å². The summed E-state index contributed by atoms with van der Waals surface area (Å²) < 4.78 is 0. The van der Waals surface area contributed by atoms with Crippen molar-refractivity contribution >= 4 is 11.6 Å². The molecule has 2 rings (SSSR count). The Balaban J connectivity index is 0.000000220. The summed E-state index contributed by atoms with van der Waals surface area (Å²) in [5, 5.41) is 0. The highest BCUT2D eigenvalue weighted by Gasteiger charge is 2.28. The molecule has 0 spiro atoms. The van der Waals surface area contributed by atoms with Crippen molar-refractivity contribution in [1.29, 1.82) is 0 Å². The first kappa shape index (κ1) is 19.1. The minimum Gasteiger partial charge on any atom is -0.299 e. The zero-order valence-corrected chi connectivity index (χ0v) is 15.4. The lowest BCUT2D eigenvalue weighted by molar-refractivity contribution is -0.127. The van der Waals surface area contributed by atoms with Gasteiger partial charge in [-0.1, -0.05) is 33.3 Å². The molecule has 22 heavy (non-hydrogen) atoms. The maximum absolute atomic E-state index is 11.4. The Bertz CT molecular complexity index is 427. The largest absolute Gasteiger partial charge is 0.299 e. The smallest absolute Gasteiger partial charge is 0.159 e. The van der Waals surface area contributed by atoms with E-state index in [1.165, 1.54) is 18.4 Å². The topological polar surface area (TPSA) is 34.1 Å². The summed E-state index contributed by atoms with van der Waals surface area (Å²) in [5.74, 6) is 3.03. The molecule has 2 saturated carbocycles. The van der Waals surface area contributed by atoms with Crippen LogP contribution in [0.3, 0.4) is 0 Å².